The Morgan fingerprint density at radius 1 is 1.31 bits per heavy atom. The quantitative estimate of drug-likeness (QED) is 0.689. The number of carbonyl (C=O) groups is 3. The van der Waals surface area contributed by atoms with Gasteiger partial charge in [-0.15, -0.1) is 0 Å². The van der Waals surface area contributed by atoms with Crippen molar-refractivity contribution in [3.63, 3.8) is 0 Å². The smallest absolute Gasteiger partial charge is 0.272 e. The van der Waals surface area contributed by atoms with Crippen LogP contribution in [0.3, 0.4) is 0 Å². The SMILES string of the molecule is CC(=O)c1c[nH]c(C(=O)Nc2cccc(CN3CCCC3C(N)=O)c2)c1. The number of benzene rings is 1. The van der Waals surface area contributed by atoms with Gasteiger partial charge in [-0.2, -0.15) is 0 Å². The predicted octanol–water partition coefficient (Wildman–Crippen LogP) is 1.92. The highest BCUT2D eigenvalue weighted by Gasteiger charge is 2.28. The Balaban J connectivity index is 1.68. The fourth-order valence-corrected chi connectivity index (χ4v) is 3.25. The van der Waals surface area contributed by atoms with E-state index in [1.165, 1.54) is 19.2 Å². The average molecular weight is 354 g/mol. The Morgan fingerprint density at radius 2 is 2.12 bits per heavy atom. The van der Waals surface area contributed by atoms with E-state index < -0.39 is 0 Å². The first-order valence-corrected chi connectivity index (χ1v) is 8.57. The van der Waals surface area contributed by atoms with E-state index in [2.05, 4.69) is 15.2 Å². The number of anilines is 1. The van der Waals surface area contributed by atoms with E-state index in [1.54, 1.807) is 6.07 Å². The number of carbonyl (C=O) groups excluding carboxylic acids is 3. The van der Waals surface area contributed by atoms with Crippen molar-refractivity contribution in [1.82, 2.24) is 9.88 Å². The molecule has 1 unspecified atom stereocenters. The Bertz CT molecular complexity index is 843. The van der Waals surface area contributed by atoms with E-state index in [9.17, 15) is 14.4 Å². The van der Waals surface area contributed by atoms with E-state index in [0.717, 1.165) is 24.9 Å². The molecule has 0 saturated carbocycles. The van der Waals surface area contributed by atoms with E-state index in [4.69, 9.17) is 5.73 Å². The molecule has 1 aliphatic heterocycles. The molecule has 0 aliphatic carbocycles. The molecule has 1 atom stereocenters. The molecule has 0 radical (unpaired) electrons. The Morgan fingerprint density at radius 3 is 2.81 bits per heavy atom. The second-order valence-corrected chi connectivity index (χ2v) is 6.54. The molecule has 1 fully saturated rings. The van der Waals surface area contributed by atoms with Crippen molar-refractivity contribution in [2.24, 2.45) is 5.73 Å². The van der Waals surface area contributed by atoms with Crippen molar-refractivity contribution in [1.29, 1.82) is 0 Å². The van der Waals surface area contributed by atoms with Gasteiger partial charge in [0.05, 0.1) is 6.04 Å². The number of hydrogen-bond donors (Lipinski definition) is 3. The number of nitrogens with one attached hydrogen (secondary N) is 2. The molecule has 2 aromatic rings. The van der Waals surface area contributed by atoms with E-state index in [-0.39, 0.29) is 23.6 Å². The lowest BCUT2D eigenvalue weighted by molar-refractivity contribution is -0.122. The third kappa shape index (κ3) is 4.00. The van der Waals surface area contributed by atoms with Crippen molar-refractivity contribution in [3.05, 3.63) is 53.3 Å². The van der Waals surface area contributed by atoms with Gasteiger partial charge in [-0.3, -0.25) is 19.3 Å². The summed E-state index contributed by atoms with van der Waals surface area (Å²) in [6.07, 6.45) is 3.26. The maximum Gasteiger partial charge on any atom is 0.272 e. The van der Waals surface area contributed by atoms with Crippen LogP contribution in [0, 0.1) is 0 Å². The molecule has 7 nitrogen and oxygen atoms in total. The molecule has 2 amide bonds. The number of aromatic amines is 1. The number of rotatable bonds is 6. The lowest BCUT2D eigenvalue weighted by Gasteiger charge is -2.22. The van der Waals surface area contributed by atoms with Gasteiger partial charge in [-0.05, 0) is 50.1 Å². The van der Waals surface area contributed by atoms with E-state index in [0.29, 0.717) is 23.5 Å². The van der Waals surface area contributed by atoms with Crippen molar-refractivity contribution in [3.8, 4) is 0 Å². The lowest BCUT2D eigenvalue weighted by Crippen LogP contribution is -2.39. The number of amides is 2. The lowest BCUT2D eigenvalue weighted by atomic mass is 10.1. The molecule has 4 N–H and O–H groups in total. The number of ketones is 1. The first-order valence-electron chi connectivity index (χ1n) is 8.57. The molecule has 3 rings (SSSR count). The minimum atomic E-state index is -0.314. The van der Waals surface area contributed by atoms with Gasteiger partial charge in [0, 0.05) is 24.0 Å². The van der Waals surface area contributed by atoms with Gasteiger partial charge in [0.2, 0.25) is 5.91 Å². The number of H-pyrrole nitrogens is 1. The minimum Gasteiger partial charge on any atom is -0.368 e. The number of Topliss-reactive ketones (excluding diaryl/α,β-unsaturated/α-hetero) is 1. The molecular weight excluding hydrogens is 332 g/mol. The summed E-state index contributed by atoms with van der Waals surface area (Å²) in [6, 6.07) is 8.79. The van der Waals surface area contributed by atoms with Crippen LogP contribution in [0.5, 0.6) is 0 Å². The highest BCUT2D eigenvalue weighted by atomic mass is 16.2. The van der Waals surface area contributed by atoms with Crippen molar-refractivity contribution >= 4 is 23.3 Å². The molecule has 7 heteroatoms. The van der Waals surface area contributed by atoms with Crippen LogP contribution in [0.1, 0.15) is 46.2 Å². The monoisotopic (exact) mass is 354 g/mol. The summed E-state index contributed by atoms with van der Waals surface area (Å²) >= 11 is 0. The van der Waals surface area contributed by atoms with Gasteiger partial charge in [-0.25, -0.2) is 0 Å². The van der Waals surface area contributed by atoms with Crippen molar-refractivity contribution in [2.45, 2.75) is 32.4 Å². The molecular formula is C19H22N4O3. The molecule has 2 heterocycles. The standard InChI is InChI=1S/C19H22N4O3/c1-12(24)14-9-16(21-10-14)19(26)22-15-5-2-4-13(8-15)11-23-7-3-6-17(23)18(20)25/h2,4-5,8-10,17,21H,3,6-7,11H2,1H3,(H2,20,25)(H,22,26). The molecule has 1 aromatic carbocycles. The van der Waals surface area contributed by atoms with Gasteiger partial charge >= 0.3 is 0 Å². The number of hydrogen-bond acceptors (Lipinski definition) is 4. The Kier molecular flexibility index (Phi) is 5.18. The number of likely N-dealkylation sites (tertiary alicyclic amines) is 1. The van der Waals surface area contributed by atoms with E-state index >= 15 is 0 Å². The van der Waals surface area contributed by atoms with Gasteiger partial charge < -0.3 is 16.0 Å². The fraction of sp³-hybridized carbons (Fsp3) is 0.316. The largest absolute Gasteiger partial charge is 0.368 e. The Hall–Kier alpha value is -2.93. The number of nitrogens with zero attached hydrogens (tertiary/aromatic N) is 1. The van der Waals surface area contributed by atoms with Crippen LogP contribution in [-0.2, 0) is 11.3 Å². The summed E-state index contributed by atoms with van der Waals surface area (Å²) in [5.74, 6) is -0.706. The Labute approximate surface area is 151 Å². The zero-order chi connectivity index (χ0) is 18.7. The third-order valence-corrected chi connectivity index (χ3v) is 4.60. The van der Waals surface area contributed by atoms with Crippen molar-refractivity contribution in [2.75, 3.05) is 11.9 Å². The van der Waals surface area contributed by atoms with E-state index in [1.807, 2.05) is 18.2 Å². The summed E-state index contributed by atoms with van der Waals surface area (Å²) < 4.78 is 0. The number of aromatic nitrogens is 1. The van der Waals surface area contributed by atoms with Gasteiger partial charge in [0.1, 0.15) is 5.69 Å². The van der Waals surface area contributed by atoms with Crippen LogP contribution < -0.4 is 11.1 Å². The number of nitrogens with two attached hydrogens (primary N) is 1. The average Bonchev–Trinajstić information content (AvgIpc) is 3.24. The van der Waals surface area contributed by atoms with Crippen molar-refractivity contribution < 1.29 is 14.4 Å². The molecule has 136 valence electrons. The topological polar surface area (TPSA) is 108 Å². The van der Waals surface area contributed by atoms with Crippen LogP contribution in [0.2, 0.25) is 0 Å². The zero-order valence-corrected chi connectivity index (χ0v) is 14.6. The summed E-state index contributed by atoms with van der Waals surface area (Å²) in [5, 5.41) is 2.82. The van der Waals surface area contributed by atoms with Crippen LogP contribution in [0.4, 0.5) is 5.69 Å². The maximum atomic E-state index is 12.3. The maximum absolute atomic E-state index is 12.3. The van der Waals surface area contributed by atoms with Gasteiger partial charge in [-0.1, -0.05) is 12.1 Å². The van der Waals surface area contributed by atoms with Crippen LogP contribution in [0.15, 0.2) is 36.5 Å². The summed E-state index contributed by atoms with van der Waals surface area (Å²) in [5.41, 5.74) is 7.90. The summed E-state index contributed by atoms with van der Waals surface area (Å²) in [4.78, 5) is 40.0. The molecule has 1 saturated heterocycles. The molecule has 0 spiro atoms. The highest BCUT2D eigenvalue weighted by Crippen LogP contribution is 2.21. The first kappa shape index (κ1) is 17.9. The summed E-state index contributed by atoms with van der Waals surface area (Å²) in [6.45, 7) is 2.89. The highest BCUT2D eigenvalue weighted by molar-refractivity contribution is 6.05. The molecule has 1 aliphatic rings. The second kappa shape index (κ2) is 7.53. The molecule has 1 aromatic heterocycles. The number of primary amides is 1. The fourth-order valence-electron chi connectivity index (χ4n) is 3.25. The van der Waals surface area contributed by atoms with Crippen LogP contribution in [-0.4, -0.2) is 40.1 Å². The molecule has 0 bridgehead atoms. The minimum absolute atomic E-state index is 0.100. The van der Waals surface area contributed by atoms with Gasteiger partial charge in [0.25, 0.3) is 5.91 Å². The second-order valence-electron chi connectivity index (χ2n) is 6.54. The molecule has 26 heavy (non-hydrogen) atoms. The summed E-state index contributed by atoms with van der Waals surface area (Å²) in [7, 11) is 0. The first-order chi connectivity index (χ1) is 12.4. The normalized spacial score (nSPS) is 17.2. The zero-order valence-electron chi connectivity index (χ0n) is 14.6. The third-order valence-electron chi connectivity index (χ3n) is 4.60. The van der Waals surface area contributed by atoms with Gasteiger partial charge in [0.15, 0.2) is 5.78 Å². The van der Waals surface area contributed by atoms with Crippen LogP contribution >= 0.6 is 0 Å². The predicted molar refractivity (Wildman–Crippen MR) is 97.8 cm³/mol. The van der Waals surface area contributed by atoms with Crippen LogP contribution in [0.25, 0.3) is 0 Å².